The number of rotatable bonds is 4. The lowest BCUT2D eigenvalue weighted by Crippen LogP contribution is -2.15. The molecule has 19 heavy (non-hydrogen) atoms. The van der Waals surface area contributed by atoms with Gasteiger partial charge in [-0.05, 0) is 17.7 Å². The average molecular weight is 257 g/mol. The summed E-state index contributed by atoms with van der Waals surface area (Å²) in [6.45, 7) is 0.365. The summed E-state index contributed by atoms with van der Waals surface area (Å²) < 4.78 is 5.11. The Morgan fingerprint density at radius 2 is 2.16 bits per heavy atom. The summed E-state index contributed by atoms with van der Waals surface area (Å²) in [6, 6.07) is 9.02. The van der Waals surface area contributed by atoms with Gasteiger partial charge in [0.25, 0.3) is 5.91 Å². The molecule has 98 valence electrons. The zero-order valence-electron chi connectivity index (χ0n) is 10.6. The summed E-state index contributed by atoms with van der Waals surface area (Å²) in [5.41, 5.74) is 7.65. The maximum absolute atomic E-state index is 12.2. The van der Waals surface area contributed by atoms with Gasteiger partial charge in [-0.25, -0.2) is 0 Å². The Bertz CT molecular complexity index is 584. The van der Waals surface area contributed by atoms with Gasteiger partial charge in [0.05, 0.1) is 18.9 Å². The molecule has 0 saturated carbocycles. The van der Waals surface area contributed by atoms with Crippen LogP contribution in [0.2, 0.25) is 0 Å². The number of nitrogens with zero attached hydrogens (tertiary/aromatic N) is 1. The first kappa shape index (κ1) is 13.0. The minimum absolute atomic E-state index is 0.250. The van der Waals surface area contributed by atoms with E-state index >= 15 is 0 Å². The number of amides is 1. The number of nitrogens with two attached hydrogens (primary N) is 1. The highest BCUT2D eigenvalue weighted by Gasteiger charge is 2.13. The number of carbonyl (C=O) groups is 1. The first-order valence-electron chi connectivity index (χ1n) is 5.83. The Kier molecular flexibility index (Phi) is 4.10. The number of benzene rings is 1. The van der Waals surface area contributed by atoms with Crippen molar-refractivity contribution in [2.45, 2.75) is 6.54 Å². The maximum Gasteiger partial charge on any atom is 0.259 e. The van der Waals surface area contributed by atoms with Gasteiger partial charge in [0.2, 0.25) is 0 Å². The van der Waals surface area contributed by atoms with Gasteiger partial charge in [-0.3, -0.25) is 9.78 Å². The molecule has 5 nitrogen and oxygen atoms in total. The normalized spacial score (nSPS) is 10.0. The molecular weight excluding hydrogens is 242 g/mol. The molecule has 0 bridgehead atoms. The van der Waals surface area contributed by atoms with Crippen molar-refractivity contribution >= 4 is 11.6 Å². The van der Waals surface area contributed by atoms with Crippen LogP contribution in [-0.2, 0) is 6.54 Å². The number of methoxy groups -OCH3 is 1. The predicted molar refractivity (Wildman–Crippen MR) is 73.1 cm³/mol. The summed E-state index contributed by atoms with van der Waals surface area (Å²) in [5, 5.41) is 2.83. The molecular formula is C14H15N3O2. The van der Waals surface area contributed by atoms with Crippen LogP contribution in [0.1, 0.15) is 15.9 Å². The fourth-order valence-electron chi connectivity index (χ4n) is 1.74. The molecule has 5 heteroatoms. The molecule has 0 aliphatic carbocycles. The monoisotopic (exact) mass is 257 g/mol. The van der Waals surface area contributed by atoms with Crippen LogP contribution in [0, 0.1) is 0 Å². The average Bonchev–Trinajstić information content (AvgIpc) is 2.47. The molecule has 0 aliphatic rings. The number of anilines is 1. The number of hydrogen-bond donors (Lipinski definition) is 2. The third-order valence-corrected chi connectivity index (χ3v) is 2.73. The SMILES string of the molecule is COc1cnccc1C(=O)Nc1ccccc1CN. The summed E-state index contributed by atoms with van der Waals surface area (Å²) in [7, 11) is 1.50. The first-order chi connectivity index (χ1) is 9.26. The molecule has 0 radical (unpaired) electrons. The molecule has 3 N–H and O–H groups in total. The molecule has 2 rings (SSSR count). The second kappa shape index (κ2) is 5.97. The van der Waals surface area contributed by atoms with E-state index in [9.17, 15) is 4.79 Å². The highest BCUT2D eigenvalue weighted by molar-refractivity contribution is 6.06. The van der Waals surface area contributed by atoms with E-state index in [1.807, 2.05) is 24.3 Å². The van der Waals surface area contributed by atoms with Crippen molar-refractivity contribution in [2.75, 3.05) is 12.4 Å². The summed E-state index contributed by atoms with van der Waals surface area (Å²) in [4.78, 5) is 16.1. The van der Waals surface area contributed by atoms with Crippen molar-refractivity contribution in [2.24, 2.45) is 5.73 Å². The predicted octanol–water partition coefficient (Wildman–Crippen LogP) is 1.80. The minimum Gasteiger partial charge on any atom is -0.494 e. The van der Waals surface area contributed by atoms with E-state index in [1.165, 1.54) is 13.3 Å². The van der Waals surface area contributed by atoms with Crippen LogP contribution in [0.3, 0.4) is 0 Å². The van der Waals surface area contributed by atoms with E-state index in [4.69, 9.17) is 10.5 Å². The molecule has 0 spiro atoms. The van der Waals surface area contributed by atoms with Crippen LogP contribution in [-0.4, -0.2) is 18.0 Å². The van der Waals surface area contributed by atoms with Gasteiger partial charge in [0.1, 0.15) is 5.75 Å². The molecule has 0 saturated heterocycles. The van der Waals surface area contributed by atoms with Crippen molar-refractivity contribution in [1.29, 1.82) is 0 Å². The van der Waals surface area contributed by atoms with Gasteiger partial charge < -0.3 is 15.8 Å². The molecule has 0 unspecified atom stereocenters. The molecule has 0 aliphatic heterocycles. The third kappa shape index (κ3) is 2.89. The van der Waals surface area contributed by atoms with Gasteiger partial charge in [0.15, 0.2) is 0 Å². The number of para-hydroxylation sites is 1. The lowest BCUT2D eigenvalue weighted by Gasteiger charge is -2.11. The summed E-state index contributed by atoms with van der Waals surface area (Å²) in [6.07, 6.45) is 3.05. The van der Waals surface area contributed by atoms with Gasteiger partial charge in [0, 0.05) is 18.4 Å². The number of pyridine rings is 1. The summed E-state index contributed by atoms with van der Waals surface area (Å²) in [5.74, 6) is 0.186. The topological polar surface area (TPSA) is 77.2 Å². The lowest BCUT2D eigenvalue weighted by molar-refractivity contribution is 0.102. The number of aromatic nitrogens is 1. The van der Waals surface area contributed by atoms with E-state index in [-0.39, 0.29) is 5.91 Å². The Morgan fingerprint density at radius 3 is 2.89 bits per heavy atom. The third-order valence-electron chi connectivity index (χ3n) is 2.73. The second-order valence-corrected chi connectivity index (χ2v) is 3.89. The van der Waals surface area contributed by atoms with Crippen LogP contribution >= 0.6 is 0 Å². The highest BCUT2D eigenvalue weighted by Crippen LogP contribution is 2.19. The van der Waals surface area contributed by atoms with Crippen molar-refractivity contribution < 1.29 is 9.53 Å². The Morgan fingerprint density at radius 1 is 1.37 bits per heavy atom. The van der Waals surface area contributed by atoms with E-state index < -0.39 is 0 Å². The minimum atomic E-state index is -0.250. The number of carbonyl (C=O) groups excluding carboxylic acids is 1. The van der Waals surface area contributed by atoms with Crippen LogP contribution in [0.5, 0.6) is 5.75 Å². The summed E-state index contributed by atoms with van der Waals surface area (Å²) >= 11 is 0. The van der Waals surface area contributed by atoms with Crippen molar-refractivity contribution in [3.05, 3.63) is 53.9 Å². The van der Waals surface area contributed by atoms with E-state index in [1.54, 1.807) is 12.3 Å². The van der Waals surface area contributed by atoms with E-state index in [2.05, 4.69) is 10.3 Å². The Labute approximate surface area is 111 Å². The van der Waals surface area contributed by atoms with Crippen molar-refractivity contribution in [3.63, 3.8) is 0 Å². The lowest BCUT2D eigenvalue weighted by atomic mass is 10.1. The van der Waals surface area contributed by atoms with Gasteiger partial charge in [-0.2, -0.15) is 0 Å². The van der Waals surface area contributed by atoms with Crippen LogP contribution in [0.25, 0.3) is 0 Å². The van der Waals surface area contributed by atoms with Crippen LogP contribution in [0.4, 0.5) is 5.69 Å². The Hall–Kier alpha value is -2.40. The molecule has 2 aromatic rings. The number of nitrogens with one attached hydrogen (secondary N) is 1. The molecule has 1 aromatic heterocycles. The van der Waals surface area contributed by atoms with Crippen LogP contribution in [0.15, 0.2) is 42.7 Å². The van der Waals surface area contributed by atoms with Crippen molar-refractivity contribution in [3.8, 4) is 5.75 Å². The zero-order valence-corrected chi connectivity index (χ0v) is 10.6. The van der Waals surface area contributed by atoms with Gasteiger partial charge in [-0.15, -0.1) is 0 Å². The van der Waals surface area contributed by atoms with Crippen LogP contribution < -0.4 is 15.8 Å². The number of hydrogen-bond acceptors (Lipinski definition) is 4. The maximum atomic E-state index is 12.2. The Balaban J connectivity index is 2.26. The molecule has 1 aromatic carbocycles. The fourth-order valence-corrected chi connectivity index (χ4v) is 1.74. The quantitative estimate of drug-likeness (QED) is 0.875. The second-order valence-electron chi connectivity index (χ2n) is 3.89. The largest absolute Gasteiger partial charge is 0.494 e. The molecule has 1 heterocycles. The first-order valence-corrected chi connectivity index (χ1v) is 5.83. The molecule has 1 amide bonds. The van der Waals surface area contributed by atoms with Gasteiger partial charge in [-0.1, -0.05) is 18.2 Å². The smallest absolute Gasteiger partial charge is 0.259 e. The van der Waals surface area contributed by atoms with E-state index in [0.717, 1.165) is 5.56 Å². The number of ether oxygens (including phenoxy) is 1. The standard InChI is InChI=1S/C14H15N3O2/c1-19-13-9-16-7-6-11(13)14(18)17-12-5-3-2-4-10(12)8-15/h2-7,9H,8,15H2,1H3,(H,17,18). The van der Waals surface area contributed by atoms with E-state index in [0.29, 0.717) is 23.5 Å². The van der Waals surface area contributed by atoms with Crippen molar-refractivity contribution in [1.82, 2.24) is 4.98 Å². The fraction of sp³-hybridized carbons (Fsp3) is 0.143. The molecule has 0 atom stereocenters. The highest BCUT2D eigenvalue weighted by atomic mass is 16.5. The van der Waals surface area contributed by atoms with Gasteiger partial charge >= 0.3 is 0 Å². The zero-order chi connectivity index (χ0) is 13.7. The molecule has 0 fully saturated rings.